The van der Waals surface area contributed by atoms with Crippen LogP contribution in [0.4, 0.5) is 0 Å². The molecule has 0 bridgehead atoms. The number of nitrogens with zero attached hydrogens (tertiary/aromatic N) is 1. The highest BCUT2D eigenvalue weighted by Gasteiger charge is 2.29. The van der Waals surface area contributed by atoms with Crippen molar-refractivity contribution >= 4 is 11.3 Å². The molecule has 1 N–H and O–H groups in total. The minimum Gasteiger partial charge on any atom is -0.363 e. The van der Waals surface area contributed by atoms with E-state index in [0.29, 0.717) is 6.04 Å². The lowest BCUT2D eigenvalue weighted by atomic mass is 10.1. The molecule has 2 aromatic heterocycles. The molecule has 1 aliphatic carbocycles. The molecule has 1 fully saturated rings. The summed E-state index contributed by atoms with van der Waals surface area (Å²) in [7, 11) is 0. The van der Waals surface area contributed by atoms with Crippen molar-refractivity contribution in [1.29, 1.82) is 0 Å². The summed E-state index contributed by atoms with van der Waals surface area (Å²) in [6.07, 6.45) is 4.39. The maximum absolute atomic E-state index is 12.1. The molecule has 0 unspecified atom stereocenters. The number of rotatable bonds is 5. The highest BCUT2D eigenvalue weighted by atomic mass is 32.1. The van der Waals surface area contributed by atoms with Crippen LogP contribution in [0, 0.1) is 20.8 Å². The Kier molecular flexibility index (Phi) is 4.00. The van der Waals surface area contributed by atoms with Gasteiger partial charge in [0.2, 0.25) is 0 Å². The van der Waals surface area contributed by atoms with Gasteiger partial charge in [0.25, 0.3) is 0 Å². The predicted octanol–water partition coefficient (Wildman–Crippen LogP) is 3.53. The number of aromatic nitrogens is 1. The SMILES string of the molecule is Cc1ccc(CN(Cc2[nH]cc(C)c(=O)c2C)C2CC2)s1. The van der Waals surface area contributed by atoms with Crippen molar-refractivity contribution in [2.24, 2.45) is 0 Å². The number of nitrogens with one attached hydrogen (secondary N) is 1. The number of H-pyrrole nitrogens is 1. The van der Waals surface area contributed by atoms with Gasteiger partial charge in [-0.1, -0.05) is 0 Å². The Labute approximate surface area is 129 Å². The molecule has 4 heteroatoms. The van der Waals surface area contributed by atoms with Crippen LogP contribution in [0.3, 0.4) is 0 Å². The lowest BCUT2D eigenvalue weighted by Crippen LogP contribution is -2.27. The molecule has 0 aliphatic heterocycles. The molecular formula is C17H22N2OS. The third-order valence-corrected chi connectivity index (χ3v) is 5.18. The van der Waals surface area contributed by atoms with Crippen LogP contribution in [0.1, 0.15) is 39.4 Å². The summed E-state index contributed by atoms with van der Waals surface area (Å²) in [6.45, 7) is 7.77. The molecule has 0 spiro atoms. The van der Waals surface area contributed by atoms with Crippen molar-refractivity contribution in [2.45, 2.75) is 52.7 Å². The van der Waals surface area contributed by atoms with Gasteiger partial charge in [-0.2, -0.15) is 0 Å². The van der Waals surface area contributed by atoms with E-state index in [4.69, 9.17) is 0 Å². The Morgan fingerprint density at radius 2 is 2.00 bits per heavy atom. The lowest BCUT2D eigenvalue weighted by Gasteiger charge is -2.22. The second kappa shape index (κ2) is 5.78. The summed E-state index contributed by atoms with van der Waals surface area (Å²) < 4.78 is 0. The van der Waals surface area contributed by atoms with Gasteiger partial charge in [-0.3, -0.25) is 9.69 Å². The van der Waals surface area contributed by atoms with E-state index in [9.17, 15) is 4.79 Å². The van der Waals surface area contributed by atoms with Gasteiger partial charge in [-0.05, 0) is 45.7 Å². The summed E-state index contributed by atoms with van der Waals surface area (Å²) in [6, 6.07) is 5.08. The van der Waals surface area contributed by atoms with Crippen molar-refractivity contribution in [3.63, 3.8) is 0 Å². The minimum absolute atomic E-state index is 0.173. The van der Waals surface area contributed by atoms with Gasteiger partial charge in [0.05, 0.1) is 0 Å². The van der Waals surface area contributed by atoms with E-state index in [0.717, 1.165) is 29.9 Å². The van der Waals surface area contributed by atoms with Crippen molar-refractivity contribution < 1.29 is 0 Å². The predicted molar refractivity (Wildman–Crippen MR) is 87.9 cm³/mol. The topological polar surface area (TPSA) is 36.1 Å². The number of pyridine rings is 1. The molecule has 0 radical (unpaired) electrons. The number of hydrogen-bond donors (Lipinski definition) is 1. The van der Waals surface area contributed by atoms with E-state index in [1.54, 1.807) is 0 Å². The Balaban J connectivity index is 1.80. The normalized spacial score (nSPS) is 14.9. The third kappa shape index (κ3) is 3.27. The summed E-state index contributed by atoms with van der Waals surface area (Å²) >= 11 is 1.87. The second-order valence-electron chi connectivity index (χ2n) is 6.05. The molecule has 0 atom stereocenters. The molecule has 21 heavy (non-hydrogen) atoms. The van der Waals surface area contributed by atoms with Crippen LogP contribution >= 0.6 is 11.3 Å². The molecule has 1 aliphatic rings. The van der Waals surface area contributed by atoms with Crippen molar-refractivity contribution in [3.05, 3.63) is 55.1 Å². The molecule has 0 aromatic carbocycles. The van der Waals surface area contributed by atoms with Gasteiger partial charge in [-0.25, -0.2) is 0 Å². The number of aryl methyl sites for hydroxylation is 2. The highest BCUT2D eigenvalue weighted by molar-refractivity contribution is 7.11. The number of thiophene rings is 1. The van der Waals surface area contributed by atoms with Crippen LogP contribution in [0.5, 0.6) is 0 Å². The lowest BCUT2D eigenvalue weighted by molar-refractivity contribution is 0.244. The standard InChI is InChI=1S/C17H22N2OS/c1-11-8-18-16(13(3)17(11)20)10-19(14-5-6-14)9-15-7-4-12(2)21-15/h4,7-8,14H,5-6,9-10H2,1-3H3,(H,18,20). The van der Waals surface area contributed by atoms with Crippen LogP contribution in [0.15, 0.2) is 23.1 Å². The third-order valence-electron chi connectivity index (χ3n) is 4.19. The first-order valence-electron chi connectivity index (χ1n) is 7.51. The zero-order valence-electron chi connectivity index (χ0n) is 12.9. The molecule has 3 nitrogen and oxygen atoms in total. The summed E-state index contributed by atoms with van der Waals surface area (Å²) in [4.78, 5) is 20.7. The van der Waals surface area contributed by atoms with Crippen LogP contribution in [0.25, 0.3) is 0 Å². The van der Waals surface area contributed by atoms with Crippen LogP contribution in [-0.4, -0.2) is 15.9 Å². The smallest absolute Gasteiger partial charge is 0.187 e. The molecule has 1 saturated carbocycles. The van der Waals surface area contributed by atoms with Gasteiger partial charge in [0.15, 0.2) is 5.43 Å². The maximum Gasteiger partial charge on any atom is 0.187 e. The van der Waals surface area contributed by atoms with E-state index in [2.05, 4.69) is 28.9 Å². The largest absolute Gasteiger partial charge is 0.363 e. The summed E-state index contributed by atoms with van der Waals surface area (Å²) in [5.74, 6) is 0. The van der Waals surface area contributed by atoms with E-state index in [-0.39, 0.29) is 5.43 Å². The molecule has 0 saturated heterocycles. The van der Waals surface area contributed by atoms with Crippen LogP contribution in [-0.2, 0) is 13.1 Å². The monoisotopic (exact) mass is 302 g/mol. The van der Waals surface area contributed by atoms with E-state index < -0.39 is 0 Å². The van der Waals surface area contributed by atoms with E-state index >= 15 is 0 Å². The first kappa shape index (κ1) is 14.5. The first-order chi connectivity index (χ1) is 10.0. The Morgan fingerprint density at radius 1 is 1.24 bits per heavy atom. The molecule has 3 rings (SSSR count). The molecule has 2 aromatic rings. The average molecular weight is 302 g/mol. The second-order valence-corrected chi connectivity index (χ2v) is 7.43. The molecule has 0 amide bonds. The fourth-order valence-corrected chi connectivity index (χ4v) is 3.61. The highest BCUT2D eigenvalue weighted by Crippen LogP contribution is 2.31. The molecule has 112 valence electrons. The van der Waals surface area contributed by atoms with Crippen LogP contribution in [0.2, 0.25) is 0 Å². The fraction of sp³-hybridized carbons (Fsp3) is 0.471. The molecular weight excluding hydrogens is 280 g/mol. The van der Waals surface area contributed by atoms with Crippen molar-refractivity contribution in [2.75, 3.05) is 0 Å². The maximum atomic E-state index is 12.1. The minimum atomic E-state index is 0.173. The first-order valence-corrected chi connectivity index (χ1v) is 8.33. The zero-order chi connectivity index (χ0) is 15.0. The quantitative estimate of drug-likeness (QED) is 0.917. The Morgan fingerprint density at radius 3 is 2.62 bits per heavy atom. The number of aromatic amines is 1. The van der Waals surface area contributed by atoms with Crippen LogP contribution < -0.4 is 5.43 Å². The zero-order valence-corrected chi connectivity index (χ0v) is 13.7. The summed E-state index contributed by atoms with van der Waals surface area (Å²) in [5.41, 5.74) is 2.89. The summed E-state index contributed by atoms with van der Waals surface area (Å²) in [5, 5.41) is 0. The van der Waals surface area contributed by atoms with Crippen molar-refractivity contribution in [3.8, 4) is 0 Å². The van der Waals surface area contributed by atoms with Gasteiger partial charge in [0, 0.05) is 51.9 Å². The fourth-order valence-electron chi connectivity index (χ4n) is 2.69. The number of hydrogen-bond acceptors (Lipinski definition) is 3. The average Bonchev–Trinajstić information content (AvgIpc) is 3.22. The van der Waals surface area contributed by atoms with Gasteiger partial charge < -0.3 is 4.98 Å². The Hall–Kier alpha value is -1.39. The van der Waals surface area contributed by atoms with E-state index in [1.165, 1.54) is 22.6 Å². The van der Waals surface area contributed by atoms with Gasteiger partial charge >= 0.3 is 0 Å². The van der Waals surface area contributed by atoms with E-state index in [1.807, 2.05) is 31.4 Å². The molecule has 2 heterocycles. The van der Waals surface area contributed by atoms with Crippen molar-refractivity contribution in [1.82, 2.24) is 9.88 Å². The van der Waals surface area contributed by atoms with Gasteiger partial charge in [0.1, 0.15) is 0 Å². The van der Waals surface area contributed by atoms with Gasteiger partial charge in [-0.15, -0.1) is 11.3 Å². The Bertz CT molecular complexity index is 697.